The lowest BCUT2D eigenvalue weighted by Crippen LogP contribution is -2.44. The summed E-state index contributed by atoms with van der Waals surface area (Å²) in [6.07, 6.45) is 6.26. The van der Waals surface area contributed by atoms with Crippen molar-refractivity contribution >= 4 is 5.69 Å². The largest absolute Gasteiger partial charge is 0.366 e. The highest BCUT2D eigenvalue weighted by atomic mass is 15.2. The Labute approximate surface area is 89.7 Å². The zero-order valence-corrected chi connectivity index (χ0v) is 8.82. The lowest BCUT2D eigenvalue weighted by atomic mass is 10.2. The van der Waals surface area contributed by atoms with Crippen molar-refractivity contribution in [3.8, 4) is 0 Å². The summed E-state index contributed by atoms with van der Waals surface area (Å²) >= 11 is 0. The summed E-state index contributed by atoms with van der Waals surface area (Å²) in [5, 5.41) is 3.37. The number of rotatable bonds is 2. The molecule has 15 heavy (non-hydrogen) atoms. The van der Waals surface area contributed by atoms with E-state index in [0.717, 1.165) is 26.2 Å². The summed E-state index contributed by atoms with van der Waals surface area (Å²) in [6.45, 7) is 4.29. The molecular formula is C11H16N4. The number of hydrogen-bond donors (Lipinski definition) is 1. The van der Waals surface area contributed by atoms with Crippen molar-refractivity contribution < 1.29 is 0 Å². The van der Waals surface area contributed by atoms with Gasteiger partial charge in [-0.1, -0.05) is 0 Å². The van der Waals surface area contributed by atoms with Gasteiger partial charge >= 0.3 is 0 Å². The topological polar surface area (TPSA) is 41.1 Å². The van der Waals surface area contributed by atoms with Crippen LogP contribution in [0.3, 0.4) is 0 Å². The summed E-state index contributed by atoms with van der Waals surface area (Å²) in [4.78, 5) is 11.0. The van der Waals surface area contributed by atoms with E-state index in [1.165, 1.54) is 24.2 Å². The van der Waals surface area contributed by atoms with Crippen molar-refractivity contribution in [2.75, 3.05) is 31.1 Å². The minimum absolute atomic E-state index is 0.706. The van der Waals surface area contributed by atoms with Gasteiger partial charge < -0.3 is 10.2 Å². The zero-order chi connectivity index (χ0) is 10.1. The van der Waals surface area contributed by atoms with Gasteiger partial charge in [-0.15, -0.1) is 0 Å². The molecule has 1 aromatic heterocycles. The molecule has 3 rings (SSSR count). The summed E-state index contributed by atoms with van der Waals surface area (Å²) in [5.74, 6) is 0.706. The van der Waals surface area contributed by atoms with Crippen molar-refractivity contribution in [3.63, 3.8) is 0 Å². The Morgan fingerprint density at radius 2 is 2.07 bits per heavy atom. The van der Waals surface area contributed by atoms with E-state index in [1.807, 2.05) is 6.20 Å². The van der Waals surface area contributed by atoms with Crippen LogP contribution in [0.25, 0.3) is 0 Å². The lowest BCUT2D eigenvalue weighted by Gasteiger charge is -2.30. The minimum Gasteiger partial charge on any atom is -0.366 e. The first kappa shape index (κ1) is 9.09. The van der Waals surface area contributed by atoms with Crippen molar-refractivity contribution in [3.05, 3.63) is 18.2 Å². The SMILES string of the molecule is c1ncc(N2CCNCC2)c(C2CC2)n1. The van der Waals surface area contributed by atoms with Crippen LogP contribution in [0, 0.1) is 0 Å². The van der Waals surface area contributed by atoms with Gasteiger partial charge in [0.1, 0.15) is 6.33 Å². The Kier molecular flexibility index (Phi) is 2.29. The van der Waals surface area contributed by atoms with Crippen LogP contribution in [0.5, 0.6) is 0 Å². The molecule has 80 valence electrons. The van der Waals surface area contributed by atoms with Crippen LogP contribution in [-0.4, -0.2) is 36.1 Å². The Morgan fingerprint density at radius 1 is 1.27 bits per heavy atom. The van der Waals surface area contributed by atoms with Gasteiger partial charge in [0.25, 0.3) is 0 Å². The molecule has 0 spiro atoms. The number of aromatic nitrogens is 2. The molecule has 0 unspecified atom stereocenters. The third kappa shape index (κ3) is 1.81. The van der Waals surface area contributed by atoms with Gasteiger partial charge in [0.2, 0.25) is 0 Å². The van der Waals surface area contributed by atoms with E-state index in [1.54, 1.807) is 6.33 Å². The van der Waals surface area contributed by atoms with E-state index in [2.05, 4.69) is 20.2 Å². The molecule has 2 fully saturated rings. The van der Waals surface area contributed by atoms with E-state index >= 15 is 0 Å². The summed E-state index contributed by atoms with van der Waals surface area (Å²) in [7, 11) is 0. The van der Waals surface area contributed by atoms with Gasteiger partial charge in [0, 0.05) is 32.1 Å². The average molecular weight is 204 g/mol. The van der Waals surface area contributed by atoms with Crippen molar-refractivity contribution in [1.29, 1.82) is 0 Å². The number of hydrogen-bond acceptors (Lipinski definition) is 4. The molecule has 1 aliphatic carbocycles. The van der Waals surface area contributed by atoms with E-state index in [4.69, 9.17) is 0 Å². The second kappa shape index (κ2) is 3.77. The molecule has 2 heterocycles. The molecule has 0 radical (unpaired) electrons. The minimum atomic E-state index is 0.706. The number of anilines is 1. The molecule has 1 aromatic rings. The van der Waals surface area contributed by atoms with Crippen LogP contribution < -0.4 is 10.2 Å². The average Bonchev–Trinajstić information content (AvgIpc) is 3.14. The molecule has 0 atom stereocenters. The molecule has 4 heteroatoms. The third-order valence-electron chi connectivity index (χ3n) is 3.14. The monoisotopic (exact) mass is 204 g/mol. The van der Waals surface area contributed by atoms with Crippen LogP contribution in [0.15, 0.2) is 12.5 Å². The highest BCUT2D eigenvalue weighted by Gasteiger charge is 2.29. The maximum absolute atomic E-state index is 4.44. The van der Waals surface area contributed by atoms with E-state index < -0.39 is 0 Å². The molecule has 2 aliphatic rings. The fourth-order valence-corrected chi connectivity index (χ4v) is 2.15. The molecule has 1 saturated carbocycles. The first-order valence-electron chi connectivity index (χ1n) is 5.71. The van der Waals surface area contributed by atoms with Gasteiger partial charge in [-0.3, -0.25) is 0 Å². The number of nitrogens with one attached hydrogen (secondary N) is 1. The summed E-state index contributed by atoms with van der Waals surface area (Å²) in [5.41, 5.74) is 2.54. The van der Waals surface area contributed by atoms with Gasteiger partial charge in [-0.2, -0.15) is 0 Å². The second-order valence-electron chi connectivity index (χ2n) is 4.30. The Hall–Kier alpha value is -1.16. The molecule has 4 nitrogen and oxygen atoms in total. The Morgan fingerprint density at radius 3 is 2.80 bits per heavy atom. The second-order valence-corrected chi connectivity index (χ2v) is 4.30. The van der Waals surface area contributed by atoms with Crippen LogP contribution in [-0.2, 0) is 0 Å². The molecule has 1 saturated heterocycles. The number of nitrogens with zero attached hydrogens (tertiary/aromatic N) is 3. The quantitative estimate of drug-likeness (QED) is 0.772. The van der Waals surface area contributed by atoms with Crippen LogP contribution >= 0.6 is 0 Å². The van der Waals surface area contributed by atoms with Crippen LogP contribution in [0.1, 0.15) is 24.5 Å². The van der Waals surface area contributed by atoms with E-state index in [0.29, 0.717) is 5.92 Å². The molecule has 0 bridgehead atoms. The number of piperazine rings is 1. The predicted octanol–water partition coefficient (Wildman–Crippen LogP) is 0.764. The molecule has 1 N–H and O–H groups in total. The fraction of sp³-hybridized carbons (Fsp3) is 0.636. The standard InChI is InChI=1S/C11H16N4/c1-2-9(1)11-10(7-13-8-14-11)15-5-3-12-4-6-15/h7-9,12H,1-6H2. The molecule has 1 aliphatic heterocycles. The molecule has 0 amide bonds. The first-order chi connectivity index (χ1) is 7.45. The smallest absolute Gasteiger partial charge is 0.115 e. The van der Waals surface area contributed by atoms with Crippen molar-refractivity contribution in [2.24, 2.45) is 0 Å². The highest BCUT2D eigenvalue weighted by molar-refractivity contribution is 5.51. The van der Waals surface area contributed by atoms with Gasteiger partial charge in [0.15, 0.2) is 0 Å². The molecule has 0 aromatic carbocycles. The van der Waals surface area contributed by atoms with E-state index in [9.17, 15) is 0 Å². The lowest BCUT2D eigenvalue weighted by molar-refractivity contribution is 0.586. The fourth-order valence-electron chi connectivity index (χ4n) is 2.15. The maximum atomic E-state index is 4.44. The normalized spacial score (nSPS) is 21.7. The first-order valence-corrected chi connectivity index (χ1v) is 5.71. The highest BCUT2D eigenvalue weighted by Crippen LogP contribution is 2.42. The Balaban J connectivity index is 1.88. The summed E-state index contributed by atoms with van der Waals surface area (Å²) < 4.78 is 0. The Bertz CT molecular complexity index is 342. The summed E-state index contributed by atoms with van der Waals surface area (Å²) in [6, 6.07) is 0. The van der Waals surface area contributed by atoms with Crippen LogP contribution in [0.2, 0.25) is 0 Å². The van der Waals surface area contributed by atoms with Crippen molar-refractivity contribution in [1.82, 2.24) is 15.3 Å². The van der Waals surface area contributed by atoms with E-state index in [-0.39, 0.29) is 0 Å². The van der Waals surface area contributed by atoms with Gasteiger partial charge in [-0.05, 0) is 12.8 Å². The molecular weight excluding hydrogens is 188 g/mol. The van der Waals surface area contributed by atoms with Gasteiger partial charge in [0.05, 0.1) is 17.6 Å². The predicted molar refractivity (Wildman–Crippen MR) is 59.1 cm³/mol. The van der Waals surface area contributed by atoms with Gasteiger partial charge in [-0.25, -0.2) is 9.97 Å². The third-order valence-corrected chi connectivity index (χ3v) is 3.14. The van der Waals surface area contributed by atoms with Crippen molar-refractivity contribution in [2.45, 2.75) is 18.8 Å². The zero-order valence-electron chi connectivity index (χ0n) is 8.82. The maximum Gasteiger partial charge on any atom is 0.115 e. The van der Waals surface area contributed by atoms with Crippen LogP contribution in [0.4, 0.5) is 5.69 Å².